The van der Waals surface area contributed by atoms with Crippen molar-refractivity contribution in [2.24, 2.45) is 0 Å². The highest BCUT2D eigenvalue weighted by atomic mass is 32.2. The number of hydrogen-bond donors (Lipinski definition) is 1. The van der Waals surface area contributed by atoms with Crippen LogP contribution in [0.15, 0.2) is 0 Å². The number of rotatable bonds is 4. The van der Waals surface area contributed by atoms with Crippen molar-refractivity contribution >= 4 is 22.3 Å². The minimum atomic E-state index is -2.34. The number of nitrogens with zero attached hydrogens (tertiary/aromatic N) is 2. The van der Waals surface area contributed by atoms with E-state index in [0.717, 1.165) is 4.90 Å². The fourth-order valence-corrected chi connectivity index (χ4v) is 1.91. The Morgan fingerprint density at radius 2 is 1.94 bits per heavy atom. The predicted octanol–water partition coefficient (Wildman–Crippen LogP) is 0.315. The molecule has 0 aromatic carbocycles. The van der Waals surface area contributed by atoms with E-state index >= 15 is 0 Å². The Morgan fingerprint density at radius 1 is 1.50 bits per heavy atom. The molecule has 1 N–H and O–H groups in total. The average molecular weight is 248 g/mol. The van der Waals surface area contributed by atoms with Crippen LogP contribution in [0.1, 0.15) is 27.7 Å². The molecule has 0 aliphatic carbocycles. The fraction of sp³-hybridized carbons (Fsp3) is 0.778. The van der Waals surface area contributed by atoms with Gasteiger partial charge < -0.3 is 10.0 Å². The van der Waals surface area contributed by atoms with Gasteiger partial charge >= 0.3 is 5.97 Å². The summed E-state index contributed by atoms with van der Waals surface area (Å²) >= 11 is 0. The summed E-state index contributed by atoms with van der Waals surface area (Å²) in [6.07, 6.45) is 0. The summed E-state index contributed by atoms with van der Waals surface area (Å²) in [5, 5.41) is 9.07. The molecule has 0 saturated carbocycles. The van der Waals surface area contributed by atoms with Gasteiger partial charge in [0.05, 0.1) is 0 Å². The monoisotopic (exact) mass is 248 g/mol. The van der Waals surface area contributed by atoms with Crippen molar-refractivity contribution in [1.82, 2.24) is 4.90 Å². The van der Waals surface area contributed by atoms with Gasteiger partial charge in [-0.05, 0) is 20.8 Å². The first kappa shape index (κ1) is 14.7. The van der Waals surface area contributed by atoms with Crippen LogP contribution in [0.2, 0.25) is 0 Å². The van der Waals surface area contributed by atoms with Crippen molar-refractivity contribution in [2.75, 3.05) is 6.54 Å². The highest BCUT2D eigenvalue weighted by Crippen LogP contribution is 2.20. The number of carbonyl (C=O) groups excluding carboxylic acids is 1. The molecule has 7 heteroatoms. The van der Waals surface area contributed by atoms with Gasteiger partial charge in [0.1, 0.15) is 4.75 Å². The number of carboxylic acids is 1. The van der Waals surface area contributed by atoms with Crippen LogP contribution < -0.4 is 0 Å². The van der Waals surface area contributed by atoms with Crippen LogP contribution in [0, 0.1) is 4.61 Å². The fourth-order valence-electron chi connectivity index (χ4n) is 1.49. The molecule has 0 aromatic heterocycles. The van der Waals surface area contributed by atoms with E-state index in [1.165, 1.54) is 20.8 Å². The van der Waals surface area contributed by atoms with Crippen LogP contribution in [-0.2, 0) is 20.0 Å². The van der Waals surface area contributed by atoms with E-state index in [0.29, 0.717) is 0 Å². The summed E-state index contributed by atoms with van der Waals surface area (Å²) < 4.78 is 18.8. The van der Waals surface area contributed by atoms with Gasteiger partial charge in [-0.2, -0.15) is 4.21 Å². The highest BCUT2D eigenvalue weighted by Gasteiger charge is 2.43. The van der Waals surface area contributed by atoms with Gasteiger partial charge in [0.15, 0.2) is 16.5 Å². The molecule has 1 atom stereocenters. The number of hydrogen-bond acceptors (Lipinski definition) is 4. The lowest BCUT2D eigenvalue weighted by Crippen LogP contribution is -2.56. The first-order chi connectivity index (χ1) is 7.16. The van der Waals surface area contributed by atoms with E-state index in [2.05, 4.69) is 0 Å². The molecule has 92 valence electrons. The maximum Gasteiger partial charge on any atom is 0.328 e. The zero-order valence-electron chi connectivity index (χ0n) is 9.76. The van der Waals surface area contributed by atoms with Crippen molar-refractivity contribution in [1.29, 1.82) is 4.61 Å². The maximum atomic E-state index is 11.3. The standard InChI is InChI=1S/C9H16N2O4S/c1-5-11(6(2)12)7(8(13)14)9(3,4)16(10)15/h7H,5H2,1-4H3,(H,13,14). The Balaban J connectivity index is 5.50. The molecule has 0 saturated heterocycles. The van der Waals surface area contributed by atoms with Crippen molar-refractivity contribution < 1.29 is 18.9 Å². The number of amides is 1. The largest absolute Gasteiger partial charge is 0.480 e. The molecule has 0 radical (unpaired) electrons. The van der Waals surface area contributed by atoms with Gasteiger partial charge in [-0.3, -0.25) is 4.79 Å². The van der Waals surface area contributed by atoms with Crippen molar-refractivity contribution in [3.8, 4) is 0 Å². The van der Waals surface area contributed by atoms with Gasteiger partial charge in [-0.15, -0.1) is 4.61 Å². The van der Waals surface area contributed by atoms with Gasteiger partial charge in [0.25, 0.3) is 0 Å². The minimum absolute atomic E-state index is 0.174. The zero-order chi connectivity index (χ0) is 13.1. The molecule has 0 spiro atoms. The van der Waals surface area contributed by atoms with Crippen LogP contribution in [0.5, 0.6) is 0 Å². The molecule has 0 rings (SSSR count). The molecule has 6 nitrogen and oxygen atoms in total. The zero-order valence-corrected chi connectivity index (χ0v) is 10.6. The third-order valence-electron chi connectivity index (χ3n) is 2.40. The summed E-state index contributed by atoms with van der Waals surface area (Å²) in [5.74, 6) is -1.72. The van der Waals surface area contributed by atoms with Crippen molar-refractivity contribution in [2.45, 2.75) is 38.5 Å². The summed E-state index contributed by atoms with van der Waals surface area (Å²) in [6, 6.07) is -1.32. The van der Waals surface area contributed by atoms with Crippen LogP contribution in [0.3, 0.4) is 0 Å². The predicted molar refractivity (Wildman–Crippen MR) is 58.4 cm³/mol. The summed E-state index contributed by atoms with van der Waals surface area (Å²) in [7, 11) is -2.34. The van der Waals surface area contributed by atoms with E-state index in [1.807, 2.05) is 0 Å². The number of carbonyl (C=O) groups is 2. The summed E-state index contributed by atoms with van der Waals surface area (Å²) in [6.45, 7) is 5.71. The second-order valence-corrected chi connectivity index (χ2v) is 5.45. The Morgan fingerprint density at radius 3 is 2.12 bits per heavy atom. The molecule has 1 amide bonds. The molecular weight excluding hydrogens is 232 g/mol. The number of carboxylic acid groups (broad SMARTS) is 1. The molecule has 0 bridgehead atoms. The third kappa shape index (κ3) is 2.84. The van der Waals surface area contributed by atoms with E-state index in [1.54, 1.807) is 6.92 Å². The third-order valence-corrected chi connectivity index (χ3v) is 3.52. The summed E-state index contributed by atoms with van der Waals surface area (Å²) in [5.41, 5.74) is 0. The van der Waals surface area contributed by atoms with Crippen LogP contribution in [0.4, 0.5) is 0 Å². The molecule has 0 aliphatic rings. The van der Waals surface area contributed by atoms with Crippen LogP contribution in [-0.4, -0.2) is 43.4 Å². The molecule has 0 aliphatic heterocycles. The lowest BCUT2D eigenvalue weighted by atomic mass is 10.0. The second kappa shape index (κ2) is 5.14. The quantitative estimate of drug-likeness (QED) is 0.772. The molecule has 0 aromatic rings. The molecular formula is C9H16N2O4S. The average Bonchev–Trinajstić information content (AvgIpc) is 2.11. The van der Waals surface area contributed by atoms with Gasteiger partial charge in [-0.1, -0.05) is 0 Å². The van der Waals surface area contributed by atoms with E-state index in [9.17, 15) is 13.8 Å². The normalized spacial score (nSPS) is 12.9. The van der Waals surface area contributed by atoms with Gasteiger partial charge in [-0.25, -0.2) is 4.79 Å². The van der Waals surface area contributed by atoms with Crippen molar-refractivity contribution in [3.63, 3.8) is 0 Å². The molecule has 16 heavy (non-hydrogen) atoms. The molecule has 1 unspecified atom stereocenters. The van der Waals surface area contributed by atoms with Crippen LogP contribution >= 0.6 is 0 Å². The Labute approximate surface area is 96.3 Å². The second-order valence-electron chi connectivity index (χ2n) is 3.90. The van der Waals surface area contributed by atoms with Crippen LogP contribution in [0.25, 0.3) is 0 Å². The topological polar surface area (TPSA) is 98.5 Å². The van der Waals surface area contributed by atoms with Gasteiger partial charge in [0, 0.05) is 13.5 Å². The Bertz CT molecular complexity index is 412. The Hall–Kier alpha value is -1.33. The summed E-state index contributed by atoms with van der Waals surface area (Å²) in [4.78, 5) is 23.5. The smallest absolute Gasteiger partial charge is 0.328 e. The highest BCUT2D eigenvalue weighted by molar-refractivity contribution is 7.72. The lowest BCUT2D eigenvalue weighted by molar-refractivity contribution is -0.150. The maximum absolute atomic E-state index is 11.3. The lowest BCUT2D eigenvalue weighted by Gasteiger charge is -2.33. The van der Waals surface area contributed by atoms with E-state index in [4.69, 9.17) is 9.71 Å². The Kier molecular flexibility index (Phi) is 4.71. The number of aliphatic carboxylic acids is 1. The minimum Gasteiger partial charge on any atom is -0.480 e. The number of likely N-dealkylation sites (N-methyl/N-ethyl adjacent to an activating group) is 1. The molecule has 0 heterocycles. The SMILES string of the molecule is CCN(C(C)=O)C(C(=O)O)C(C)(C)S(#N)=O. The molecule has 0 fully saturated rings. The first-order valence-corrected chi connectivity index (χ1v) is 5.87. The van der Waals surface area contributed by atoms with E-state index in [-0.39, 0.29) is 6.54 Å². The first-order valence-electron chi connectivity index (χ1n) is 4.77. The van der Waals surface area contributed by atoms with E-state index < -0.39 is 33.1 Å². The van der Waals surface area contributed by atoms with Gasteiger partial charge in [0.2, 0.25) is 5.91 Å². The van der Waals surface area contributed by atoms with Crippen molar-refractivity contribution in [3.05, 3.63) is 0 Å².